The molecular weight excluding hydrogens is 283 g/mol. The van der Waals surface area contributed by atoms with Crippen LogP contribution in [-0.4, -0.2) is 33.8 Å². The zero-order chi connectivity index (χ0) is 15.4. The maximum atomic E-state index is 12.9. The maximum Gasteiger partial charge on any atom is 0.409 e. The molecule has 1 N–H and O–H groups in total. The van der Waals surface area contributed by atoms with Crippen LogP contribution in [0.15, 0.2) is 12.2 Å². The lowest BCUT2D eigenvalue weighted by molar-refractivity contribution is -0.154. The highest BCUT2D eigenvalue weighted by molar-refractivity contribution is 7.84. The summed E-state index contributed by atoms with van der Waals surface area (Å²) in [6.07, 6.45) is -4.79. The Morgan fingerprint density at radius 3 is 2.16 bits per heavy atom. The number of esters is 1. The summed E-state index contributed by atoms with van der Waals surface area (Å²) in [7, 11) is -1.99. The van der Waals surface area contributed by atoms with E-state index in [4.69, 9.17) is 0 Å². The van der Waals surface area contributed by atoms with Crippen LogP contribution in [0.25, 0.3) is 0 Å². The molecule has 0 saturated carbocycles. The van der Waals surface area contributed by atoms with Crippen LogP contribution in [0.5, 0.6) is 0 Å². The number of carbonyl (C=O) groups excluding carboxylic acids is 1. The first kappa shape index (κ1) is 18.1. The van der Waals surface area contributed by atoms with E-state index in [1.165, 1.54) is 27.7 Å². The lowest BCUT2D eigenvalue weighted by Gasteiger charge is -2.26. The van der Waals surface area contributed by atoms with Crippen molar-refractivity contribution in [2.24, 2.45) is 0 Å². The second-order valence-corrected chi connectivity index (χ2v) is 6.72. The topological polar surface area (TPSA) is 55.4 Å². The van der Waals surface area contributed by atoms with Gasteiger partial charge in [0.15, 0.2) is 0 Å². The minimum Gasteiger partial charge on any atom is -0.463 e. The highest BCUT2D eigenvalue weighted by Gasteiger charge is 2.45. The van der Waals surface area contributed by atoms with Crippen LogP contribution in [0.4, 0.5) is 13.2 Å². The van der Waals surface area contributed by atoms with Gasteiger partial charge >= 0.3 is 12.1 Å². The molecule has 112 valence electrons. The van der Waals surface area contributed by atoms with E-state index in [1.54, 1.807) is 0 Å². The number of nitrogens with one attached hydrogen (secondary N) is 1. The Morgan fingerprint density at radius 2 is 1.84 bits per heavy atom. The Morgan fingerprint density at radius 1 is 1.37 bits per heavy atom. The third-order valence-corrected chi connectivity index (χ3v) is 3.56. The zero-order valence-electron chi connectivity index (χ0n) is 11.3. The Labute approximate surface area is 113 Å². The molecule has 0 radical (unpaired) electrons. The standard InChI is InChI=1S/C11H18F3NO3S/c1-6-18-9(16)7(2)8(11(12,13)14)15-19(17)10(3,4)5/h8,15H,2,6H2,1,3-5H3/t8-,19-/m1/s1. The summed E-state index contributed by atoms with van der Waals surface area (Å²) in [4.78, 5) is 11.3. The van der Waals surface area contributed by atoms with Crippen LogP contribution < -0.4 is 4.72 Å². The van der Waals surface area contributed by atoms with Crippen molar-refractivity contribution in [2.45, 2.75) is 44.7 Å². The van der Waals surface area contributed by atoms with E-state index in [9.17, 15) is 22.2 Å². The molecule has 19 heavy (non-hydrogen) atoms. The average molecular weight is 301 g/mol. The molecule has 8 heteroatoms. The van der Waals surface area contributed by atoms with E-state index < -0.39 is 39.5 Å². The number of halogens is 3. The molecule has 0 aromatic carbocycles. The lowest BCUT2D eigenvalue weighted by Crippen LogP contribution is -2.49. The molecule has 0 aromatic rings. The van der Waals surface area contributed by atoms with E-state index in [2.05, 4.69) is 11.3 Å². The van der Waals surface area contributed by atoms with Gasteiger partial charge in [-0.1, -0.05) is 6.58 Å². The molecule has 0 rings (SSSR count). The van der Waals surface area contributed by atoms with Crippen LogP contribution in [0, 0.1) is 0 Å². The van der Waals surface area contributed by atoms with E-state index in [1.807, 2.05) is 4.72 Å². The Balaban J connectivity index is 5.11. The summed E-state index contributed by atoms with van der Waals surface area (Å²) >= 11 is 0. The van der Waals surface area contributed by atoms with Gasteiger partial charge < -0.3 is 4.74 Å². The highest BCUT2D eigenvalue weighted by atomic mass is 32.2. The summed E-state index contributed by atoms with van der Waals surface area (Å²) in [6.45, 7) is 9.02. The molecule has 0 spiro atoms. The molecule has 4 nitrogen and oxygen atoms in total. The zero-order valence-corrected chi connectivity index (χ0v) is 12.1. The number of ether oxygens (including phenoxy) is 1. The van der Waals surface area contributed by atoms with Gasteiger partial charge in [-0.25, -0.2) is 13.7 Å². The Kier molecular flexibility index (Phi) is 6.21. The van der Waals surface area contributed by atoms with Crippen molar-refractivity contribution in [3.05, 3.63) is 12.2 Å². The van der Waals surface area contributed by atoms with E-state index >= 15 is 0 Å². The first-order chi connectivity index (χ1) is 8.41. The first-order valence-electron chi connectivity index (χ1n) is 5.52. The molecule has 0 aromatic heterocycles. The van der Waals surface area contributed by atoms with Crippen LogP contribution in [0.3, 0.4) is 0 Å². The molecule has 0 heterocycles. The first-order valence-corrected chi connectivity index (χ1v) is 6.67. The minimum absolute atomic E-state index is 0.0647. The largest absolute Gasteiger partial charge is 0.463 e. The van der Waals surface area contributed by atoms with Gasteiger partial charge in [-0.2, -0.15) is 13.2 Å². The smallest absolute Gasteiger partial charge is 0.409 e. The van der Waals surface area contributed by atoms with Gasteiger partial charge in [-0.05, 0) is 27.7 Å². The van der Waals surface area contributed by atoms with Gasteiger partial charge in [-0.15, -0.1) is 0 Å². The van der Waals surface area contributed by atoms with Crippen molar-refractivity contribution in [3.8, 4) is 0 Å². The summed E-state index contributed by atoms with van der Waals surface area (Å²) in [5.41, 5.74) is -0.813. The van der Waals surface area contributed by atoms with Crippen molar-refractivity contribution >= 4 is 17.0 Å². The molecule has 0 amide bonds. The molecular formula is C11H18F3NO3S. The molecule has 0 bridgehead atoms. The molecule has 0 aliphatic heterocycles. The van der Waals surface area contributed by atoms with Crippen molar-refractivity contribution in [3.63, 3.8) is 0 Å². The Bertz CT molecular complexity index is 374. The monoisotopic (exact) mass is 301 g/mol. The second kappa shape index (κ2) is 6.51. The fraction of sp³-hybridized carbons (Fsp3) is 0.727. The number of alkyl halides is 3. The third-order valence-electron chi connectivity index (χ3n) is 1.99. The average Bonchev–Trinajstić information content (AvgIpc) is 2.21. The SMILES string of the molecule is C=C(C(=O)OCC)[C@@H](N[S@](=O)C(C)(C)C)C(F)(F)F. The van der Waals surface area contributed by atoms with E-state index in [0.29, 0.717) is 0 Å². The molecule has 2 atom stereocenters. The van der Waals surface area contributed by atoms with Gasteiger partial charge in [0.25, 0.3) is 0 Å². The summed E-state index contributed by atoms with van der Waals surface area (Å²) < 4.78 is 55.7. The van der Waals surface area contributed by atoms with Gasteiger partial charge in [0.2, 0.25) is 0 Å². The normalized spacial score (nSPS) is 15.7. The molecule has 0 aliphatic rings. The number of rotatable bonds is 5. The predicted molar refractivity (Wildman–Crippen MR) is 66.6 cm³/mol. The number of hydrogen-bond acceptors (Lipinski definition) is 3. The van der Waals surface area contributed by atoms with Crippen molar-refractivity contribution < 1.29 is 26.9 Å². The van der Waals surface area contributed by atoms with Crippen molar-refractivity contribution in [1.82, 2.24) is 4.72 Å². The van der Waals surface area contributed by atoms with Crippen LogP contribution in [0.2, 0.25) is 0 Å². The quantitative estimate of drug-likeness (QED) is 0.625. The molecule has 0 unspecified atom stereocenters. The second-order valence-electron chi connectivity index (χ2n) is 4.72. The van der Waals surface area contributed by atoms with Crippen LogP contribution in [0.1, 0.15) is 27.7 Å². The maximum absolute atomic E-state index is 12.9. The van der Waals surface area contributed by atoms with Gasteiger partial charge in [0.05, 0.1) is 27.9 Å². The van der Waals surface area contributed by atoms with Gasteiger partial charge in [0, 0.05) is 0 Å². The number of carbonyl (C=O) groups is 1. The third kappa shape index (κ3) is 5.73. The van der Waals surface area contributed by atoms with Crippen LogP contribution in [-0.2, 0) is 20.5 Å². The molecule has 0 aliphatic carbocycles. The van der Waals surface area contributed by atoms with E-state index in [-0.39, 0.29) is 6.61 Å². The molecule has 0 fully saturated rings. The van der Waals surface area contributed by atoms with Crippen molar-refractivity contribution in [1.29, 1.82) is 0 Å². The van der Waals surface area contributed by atoms with Gasteiger partial charge in [0.1, 0.15) is 6.04 Å². The summed E-state index contributed by atoms with van der Waals surface area (Å²) in [6, 6.07) is -2.40. The summed E-state index contributed by atoms with van der Waals surface area (Å²) in [5, 5.41) is 0. The fourth-order valence-electron chi connectivity index (χ4n) is 0.961. The van der Waals surface area contributed by atoms with E-state index in [0.717, 1.165) is 0 Å². The van der Waals surface area contributed by atoms with Crippen molar-refractivity contribution in [2.75, 3.05) is 6.61 Å². The van der Waals surface area contributed by atoms with Gasteiger partial charge in [-0.3, -0.25) is 0 Å². The Hall–Kier alpha value is -0.890. The number of hydrogen-bond donors (Lipinski definition) is 1. The summed E-state index contributed by atoms with van der Waals surface area (Å²) in [5.74, 6) is -1.16. The fourth-order valence-corrected chi connectivity index (χ4v) is 1.80. The molecule has 0 saturated heterocycles. The predicted octanol–water partition coefficient (Wildman–Crippen LogP) is 2.09. The minimum atomic E-state index is -4.79. The highest BCUT2D eigenvalue weighted by Crippen LogP contribution is 2.27. The lowest BCUT2D eigenvalue weighted by atomic mass is 10.1. The van der Waals surface area contributed by atoms with Crippen LogP contribution >= 0.6 is 0 Å².